The lowest BCUT2D eigenvalue weighted by Crippen LogP contribution is -1.68. The van der Waals surface area contributed by atoms with E-state index in [0.717, 1.165) is 13.4 Å². The highest BCUT2D eigenvalue weighted by Crippen LogP contribution is 2.25. The minimum Gasteiger partial charge on any atom is -0.0501 e. The molecule has 9 heavy (non-hydrogen) atoms. The van der Waals surface area contributed by atoms with Crippen LogP contribution < -0.4 is 0 Å². The molecule has 0 amide bonds. The van der Waals surface area contributed by atoms with Crippen LogP contribution in [-0.4, -0.2) is 0 Å². The molecule has 0 atom stereocenters. The molecule has 0 aliphatic rings. The Bertz CT molecular complexity index is 220. The van der Waals surface area contributed by atoms with Crippen molar-refractivity contribution in [1.29, 1.82) is 0 Å². The van der Waals surface area contributed by atoms with Crippen LogP contribution in [0.4, 0.5) is 0 Å². The first-order valence-electron chi connectivity index (χ1n) is 2.23. The largest absolute Gasteiger partial charge is 0.0501 e. The normalized spacial score (nSPS) is 9.67. The predicted molar refractivity (Wildman–Crippen MR) is 48.4 cm³/mol. The Morgan fingerprint density at radius 2 is 1.78 bits per heavy atom. The average molecular weight is 314 g/mol. The van der Waals surface area contributed by atoms with Crippen LogP contribution >= 0.6 is 47.8 Å². The van der Waals surface area contributed by atoms with Crippen molar-refractivity contribution in [3.8, 4) is 0 Å². The molecule has 0 saturated heterocycles. The van der Waals surface area contributed by atoms with Crippen LogP contribution in [0.5, 0.6) is 0 Å². The van der Waals surface area contributed by atoms with Crippen molar-refractivity contribution in [3.63, 3.8) is 0 Å². The average Bonchev–Trinajstić information content (AvgIpc) is 1.80. The highest BCUT2D eigenvalue weighted by atomic mass is 79.9. The second kappa shape index (κ2) is 3.17. The Morgan fingerprint density at radius 3 is 2.22 bits per heavy atom. The van der Waals surface area contributed by atoms with Crippen molar-refractivity contribution >= 4 is 47.8 Å². The molecule has 0 spiro atoms. The Hall–Kier alpha value is 0.660. The van der Waals surface area contributed by atoms with Gasteiger partial charge in [-0.3, -0.25) is 0 Å². The van der Waals surface area contributed by atoms with Gasteiger partial charge < -0.3 is 0 Å². The first kappa shape index (κ1) is 7.76. The number of rotatable bonds is 0. The highest BCUT2D eigenvalue weighted by Gasteiger charge is 1.94. The highest BCUT2D eigenvalue weighted by molar-refractivity contribution is 9.13. The van der Waals surface area contributed by atoms with Crippen LogP contribution in [-0.2, 0) is 0 Å². The number of hydrogen-bond acceptors (Lipinski definition) is 0. The zero-order chi connectivity index (χ0) is 6.85. The molecule has 0 heterocycles. The fourth-order valence-electron chi connectivity index (χ4n) is 0.426. The van der Waals surface area contributed by atoms with Gasteiger partial charge in [0.1, 0.15) is 0 Å². The standard InChI is InChI=1S/C6H2Br3/c7-4-1-2-5(8)6(9)3-4/h1-2H. The van der Waals surface area contributed by atoms with Gasteiger partial charge in [0.15, 0.2) is 0 Å². The van der Waals surface area contributed by atoms with Gasteiger partial charge in [0.25, 0.3) is 0 Å². The van der Waals surface area contributed by atoms with Crippen LogP contribution in [0, 0.1) is 6.07 Å². The zero-order valence-corrected chi connectivity index (χ0v) is 9.05. The van der Waals surface area contributed by atoms with Crippen molar-refractivity contribution < 1.29 is 0 Å². The molecule has 47 valence electrons. The van der Waals surface area contributed by atoms with Gasteiger partial charge in [-0.1, -0.05) is 15.9 Å². The van der Waals surface area contributed by atoms with E-state index >= 15 is 0 Å². The molecule has 0 aliphatic heterocycles. The monoisotopic (exact) mass is 311 g/mol. The summed E-state index contributed by atoms with van der Waals surface area (Å²) >= 11 is 9.93. The van der Waals surface area contributed by atoms with Crippen LogP contribution in [0.15, 0.2) is 25.6 Å². The van der Waals surface area contributed by atoms with Crippen molar-refractivity contribution in [3.05, 3.63) is 31.6 Å². The first-order valence-corrected chi connectivity index (χ1v) is 4.61. The maximum Gasteiger partial charge on any atom is 0.0408 e. The lowest BCUT2D eigenvalue weighted by Gasteiger charge is -1.92. The summed E-state index contributed by atoms with van der Waals surface area (Å²) in [7, 11) is 0. The molecule has 0 N–H and O–H groups in total. The van der Waals surface area contributed by atoms with Gasteiger partial charge in [0, 0.05) is 19.5 Å². The summed E-state index contributed by atoms with van der Waals surface area (Å²) in [6.07, 6.45) is 0. The summed E-state index contributed by atoms with van der Waals surface area (Å²) in [5.74, 6) is 0. The molecular weight excluding hydrogens is 312 g/mol. The van der Waals surface area contributed by atoms with Gasteiger partial charge in [0.05, 0.1) is 0 Å². The van der Waals surface area contributed by atoms with Gasteiger partial charge in [-0.05, 0) is 44.0 Å². The molecule has 3 heteroatoms. The fraction of sp³-hybridized carbons (Fsp3) is 0. The summed E-state index contributed by atoms with van der Waals surface area (Å²) in [4.78, 5) is 0. The van der Waals surface area contributed by atoms with E-state index in [1.807, 2.05) is 12.1 Å². The molecule has 0 nitrogen and oxygen atoms in total. The van der Waals surface area contributed by atoms with Gasteiger partial charge in [0.2, 0.25) is 0 Å². The summed E-state index contributed by atoms with van der Waals surface area (Å²) in [5, 5.41) is 0. The van der Waals surface area contributed by atoms with Gasteiger partial charge in [-0.15, -0.1) is 0 Å². The first-order chi connectivity index (χ1) is 4.20. The number of halogens is 3. The molecule has 0 unspecified atom stereocenters. The van der Waals surface area contributed by atoms with Gasteiger partial charge >= 0.3 is 0 Å². The van der Waals surface area contributed by atoms with E-state index in [9.17, 15) is 0 Å². The third kappa shape index (κ3) is 2.06. The minimum absolute atomic E-state index is 0.942. The molecule has 1 aromatic carbocycles. The molecular formula is C6H2Br3. The van der Waals surface area contributed by atoms with E-state index in [-0.39, 0.29) is 0 Å². The van der Waals surface area contributed by atoms with Crippen LogP contribution in [0.25, 0.3) is 0 Å². The summed E-state index contributed by atoms with van der Waals surface area (Å²) < 4.78 is 2.92. The van der Waals surface area contributed by atoms with E-state index in [0.29, 0.717) is 0 Å². The second-order valence-corrected chi connectivity index (χ2v) is 3.97. The molecule has 1 radical (unpaired) electrons. The Kier molecular flexibility index (Phi) is 2.73. The molecule has 1 rings (SSSR count). The number of benzene rings is 1. The Labute approximate surface area is 79.0 Å². The smallest absolute Gasteiger partial charge is 0.0408 e. The molecule has 1 aromatic rings. The SMILES string of the molecule is Brc1[c]c(Br)c(Br)cc1. The second-order valence-electron chi connectivity index (χ2n) is 1.47. The maximum absolute atomic E-state index is 3.33. The summed E-state index contributed by atoms with van der Waals surface area (Å²) in [6.45, 7) is 0. The van der Waals surface area contributed by atoms with Gasteiger partial charge in [-0.25, -0.2) is 0 Å². The Balaban J connectivity index is 3.17. The van der Waals surface area contributed by atoms with E-state index in [2.05, 4.69) is 53.9 Å². The zero-order valence-electron chi connectivity index (χ0n) is 4.29. The fourth-order valence-corrected chi connectivity index (χ4v) is 1.60. The van der Waals surface area contributed by atoms with Crippen molar-refractivity contribution in [1.82, 2.24) is 0 Å². The lowest BCUT2D eigenvalue weighted by molar-refractivity contribution is 1.53. The molecule has 0 saturated carbocycles. The maximum atomic E-state index is 3.33. The number of hydrogen-bond donors (Lipinski definition) is 0. The topological polar surface area (TPSA) is 0 Å². The van der Waals surface area contributed by atoms with E-state index < -0.39 is 0 Å². The summed E-state index contributed by atoms with van der Waals surface area (Å²) in [5.41, 5.74) is 0. The van der Waals surface area contributed by atoms with Crippen LogP contribution in [0.3, 0.4) is 0 Å². The third-order valence-corrected chi connectivity index (χ3v) is 3.10. The van der Waals surface area contributed by atoms with E-state index in [1.54, 1.807) is 0 Å². The molecule has 0 bridgehead atoms. The minimum atomic E-state index is 0.942. The Morgan fingerprint density at radius 1 is 1.11 bits per heavy atom. The molecule has 0 aromatic heterocycles. The van der Waals surface area contributed by atoms with Crippen molar-refractivity contribution in [2.24, 2.45) is 0 Å². The van der Waals surface area contributed by atoms with Crippen LogP contribution in [0.2, 0.25) is 0 Å². The van der Waals surface area contributed by atoms with E-state index in [4.69, 9.17) is 0 Å². The predicted octanol–water partition coefficient (Wildman–Crippen LogP) is 3.77. The molecule has 0 aliphatic carbocycles. The molecule has 0 fully saturated rings. The quantitative estimate of drug-likeness (QED) is 0.640. The third-order valence-electron chi connectivity index (χ3n) is 0.815. The summed E-state index contributed by atoms with van der Waals surface area (Å²) in [6, 6.07) is 6.90. The van der Waals surface area contributed by atoms with Crippen molar-refractivity contribution in [2.45, 2.75) is 0 Å². The van der Waals surface area contributed by atoms with E-state index in [1.165, 1.54) is 0 Å². The van der Waals surface area contributed by atoms with Gasteiger partial charge in [-0.2, -0.15) is 0 Å². The van der Waals surface area contributed by atoms with Crippen LogP contribution in [0.1, 0.15) is 0 Å². The lowest BCUT2D eigenvalue weighted by atomic mass is 10.4. The van der Waals surface area contributed by atoms with Crippen molar-refractivity contribution in [2.75, 3.05) is 0 Å².